The molecule has 0 unspecified atom stereocenters. The first-order valence-electron chi connectivity index (χ1n) is 6.29. The molecule has 0 saturated heterocycles. The molecule has 2 aromatic carbocycles. The van der Waals surface area contributed by atoms with Gasteiger partial charge in [-0.25, -0.2) is 4.79 Å². The summed E-state index contributed by atoms with van der Waals surface area (Å²) in [6.45, 7) is 0.380. The third-order valence-corrected chi connectivity index (χ3v) is 2.74. The molecule has 0 heterocycles. The van der Waals surface area contributed by atoms with Crippen molar-refractivity contribution in [1.82, 2.24) is 0 Å². The molecule has 0 fully saturated rings. The summed E-state index contributed by atoms with van der Waals surface area (Å²) in [7, 11) is 0. The SMILES string of the molecule is O=CCNc1ccccc1C(=O)OCc1ccccc1. The molecule has 0 atom stereocenters. The Balaban J connectivity index is 2.03. The first-order chi connectivity index (χ1) is 9.81. The van der Waals surface area contributed by atoms with Crippen LogP contribution in [0.25, 0.3) is 0 Å². The van der Waals surface area contributed by atoms with Crippen LogP contribution in [-0.4, -0.2) is 18.8 Å². The predicted octanol–water partition coefficient (Wildman–Crippen LogP) is 2.65. The minimum atomic E-state index is -0.414. The zero-order chi connectivity index (χ0) is 14.2. The van der Waals surface area contributed by atoms with Gasteiger partial charge in [-0.15, -0.1) is 0 Å². The van der Waals surface area contributed by atoms with Crippen LogP contribution in [0, 0.1) is 0 Å². The molecule has 2 rings (SSSR count). The maximum Gasteiger partial charge on any atom is 0.340 e. The maximum atomic E-state index is 12.1. The normalized spacial score (nSPS) is 9.80. The van der Waals surface area contributed by atoms with E-state index >= 15 is 0 Å². The van der Waals surface area contributed by atoms with E-state index in [4.69, 9.17) is 4.74 Å². The number of benzene rings is 2. The van der Waals surface area contributed by atoms with Crippen molar-refractivity contribution in [3.05, 3.63) is 65.7 Å². The molecule has 4 heteroatoms. The Morgan fingerprint density at radius 1 is 1.05 bits per heavy atom. The third kappa shape index (κ3) is 3.68. The molecule has 4 nitrogen and oxygen atoms in total. The lowest BCUT2D eigenvalue weighted by Crippen LogP contribution is -2.11. The van der Waals surface area contributed by atoms with Gasteiger partial charge in [0, 0.05) is 5.69 Å². The van der Waals surface area contributed by atoms with Crippen LogP contribution < -0.4 is 5.32 Å². The summed E-state index contributed by atoms with van der Waals surface area (Å²) in [5.41, 5.74) is 1.95. The van der Waals surface area contributed by atoms with Crippen LogP contribution in [0.5, 0.6) is 0 Å². The van der Waals surface area contributed by atoms with Crippen LogP contribution in [0.2, 0.25) is 0 Å². The number of aldehydes is 1. The van der Waals surface area contributed by atoms with Crippen molar-refractivity contribution in [2.24, 2.45) is 0 Å². The van der Waals surface area contributed by atoms with E-state index in [0.717, 1.165) is 11.8 Å². The van der Waals surface area contributed by atoms with Crippen LogP contribution >= 0.6 is 0 Å². The molecule has 1 N–H and O–H groups in total. The topological polar surface area (TPSA) is 55.4 Å². The van der Waals surface area contributed by atoms with E-state index in [1.54, 1.807) is 24.3 Å². The van der Waals surface area contributed by atoms with E-state index < -0.39 is 5.97 Å². The molecule has 0 amide bonds. The number of anilines is 1. The number of para-hydroxylation sites is 1. The summed E-state index contributed by atoms with van der Waals surface area (Å²) < 4.78 is 5.27. The first kappa shape index (κ1) is 13.8. The van der Waals surface area contributed by atoms with Crippen LogP contribution in [0.3, 0.4) is 0 Å². The van der Waals surface area contributed by atoms with Crippen molar-refractivity contribution in [3.8, 4) is 0 Å². The fourth-order valence-electron chi connectivity index (χ4n) is 1.77. The highest BCUT2D eigenvalue weighted by Gasteiger charge is 2.12. The summed E-state index contributed by atoms with van der Waals surface area (Å²) in [5.74, 6) is -0.414. The monoisotopic (exact) mass is 269 g/mol. The molecular weight excluding hydrogens is 254 g/mol. The number of carbonyl (C=O) groups excluding carboxylic acids is 2. The molecule has 20 heavy (non-hydrogen) atoms. The zero-order valence-corrected chi connectivity index (χ0v) is 10.9. The van der Waals surface area contributed by atoms with E-state index in [2.05, 4.69) is 5.32 Å². The Morgan fingerprint density at radius 3 is 2.50 bits per heavy atom. The minimum absolute atomic E-state index is 0.156. The van der Waals surface area contributed by atoms with Gasteiger partial charge in [0.05, 0.1) is 12.1 Å². The number of esters is 1. The molecule has 0 aliphatic rings. The van der Waals surface area contributed by atoms with Crippen LogP contribution in [0.4, 0.5) is 5.69 Å². The van der Waals surface area contributed by atoms with Gasteiger partial charge in [-0.2, -0.15) is 0 Å². The number of hydrogen-bond acceptors (Lipinski definition) is 4. The molecule has 0 aliphatic carbocycles. The Bertz CT molecular complexity index is 581. The Morgan fingerprint density at radius 2 is 1.75 bits per heavy atom. The average molecular weight is 269 g/mol. The molecular formula is C16H15NO3. The Hall–Kier alpha value is -2.62. The van der Waals surface area contributed by atoms with Gasteiger partial charge in [-0.1, -0.05) is 42.5 Å². The summed E-state index contributed by atoms with van der Waals surface area (Å²) in [4.78, 5) is 22.4. The Labute approximate surface area is 117 Å². The highest BCUT2D eigenvalue weighted by molar-refractivity contribution is 5.95. The van der Waals surface area contributed by atoms with Gasteiger partial charge in [0.2, 0.25) is 0 Å². The number of hydrogen-bond donors (Lipinski definition) is 1. The second kappa shape index (κ2) is 7.09. The van der Waals surface area contributed by atoms with E-state index in [-0.39, 0.29) is 13.2 Å². The van der Waals surface area contributed by atoms with E-state index in [9.17, 15) is 9.59 Å². The number of rotatable bonds is 6. The quantitative estimate of drug-likeness (QED) is 0.647. The predicted molar refractivity (Wildman–Crippen MR) is 76.6 cm³/mol. The second-order valence-corrected chi connectivity index (χ2v) is 4.15. The lowest BCUT2D eigenvalue weighted by atomic mass is 10.2. The second-order valence-electron chi connectivity index (χ2n) is 4.15. The van der Waals surface area contributed by atoms with Crippen molar-refractivity contribution >= 4 is 17.9 Å². The summed E-state index contributed by atoms with van der Waals surface area (Å²) in [5, 5.41) is 2.87. The molecule has 0 saturated carbocycles. The first-order valence-corrected chi connectivity index (χ1v) is 6.29. The molecule has 0 bridgehead atoms. The van der Waals surface area contributed by atoms with Crippen LogP contribution in [0.15, 0.2) is 54.6 Å². The lowest BCUT2D eigenvalue weighted by Gasteiger charge is -2.10. The third-order valence-electron chi connectivity index (χ3n) is 2.74. The zero-order valence-electron chi connectivity index (χ0n) is 10.9. The van der Waals surface area contributed by atoms with Gasteiger partial charge >= 0.3 is 5.97 Å². The molecule has 0 aliphatic heterocycles. The Kier molecular flexibility index (Phi) is 4.89. The number of carbonyl (C=O) groups is 2. The fourth-order valence-corrected chi connectivity index (χ4v) is 1.77. The van der Waals surface area contributed by atoms with Gasteiger partial charge in [0.25, 0.3) is 0 Å². The number of ether oxygens (including phenoxy) is 1. The molecule has 0 radical (unpaired) electrons. The molecule has 0 aromatic heterocycles. The van der Waals surface area contributed by atoms with E-state index in [1.807, 2.05) is 30.3 Å². The molecule has 2 aromatic rings. The number of nitrogens with one attached hydrogen (secondary N) is 1. The van der Waals surface area contributed by atoms with Crippen molar-refractivity contribution in [1.29, 1.82) is 0 Å². The van der Waals surface area contributed by atoms with E-state index in [1.165, 1.54) is 0 Å². The van der Waals surface area contributed by atoms with Crippen molar-refractivity contribution in [2.45, 2.75) is 6.61 Å². The van der Waals surface area contributed by atoms with Crippen molar-refractivity contribution in [2.75, 3.05) is 11.9 Å². The van der Waals surface area contributed by atoms with Crippen LogP contribution in [-0.2, 0) is 16.1 Å². The van der Waals surface area contributed by atoms with Crippen molar-refractivity contribution in [3.63, 3.8) is 0 Å². The standard InChI is InChI=1S/C16H15NO3/c18-11-10-17-15-9-5-4-8-14(15)16(19)20-12-13-6-2-1-3-7-13/h1-9,11,17H,10,12H2. The largest absolute Gasteiger partial charge is 0.457 e. The summed E-state index contributed by atoms with van der Waals surface area (Å²) in [6.07, 6.45) is 0.742. The highest BCUT2D eigenvalue weighted by Crippen LogP contribution is 2.16. The van der Waals surface area contributed by atoms with E-state index in [0.29, 0.717) is 11.3 Å². The van der Waals surface area contributed by atoms with Gasteiger partial charge in [0.1, 0.15) is 12.9 Å². The van der Waals surface area contributed by atoms with Gasteiger partial charge < -0.3 is 14.8 Å². The molecule has 102 valence electrons. The van der Waals surface area contributed by atoms with Gasteiger partial charge in [-0.3, -0.25) is 0 Å². The highest BCUT2D eigenvalue weighted by atomic mass is 16.5. The minimum Gasteiger partial charge on any atom is -0.457 e. The van der Waals surface area contributed by atoms with Gasteiger partial charge in [-0.05, 0) is 17.7 Å². The fraction of sp³-hybridized carbons (Fsp3) is 0.125. The summed E-state index contributed by atoms with van der Waals surface area (Å²) >= 11 is 0. The van der Waals surface area contributed by atoms with Gasteiger partial charge in [0.15, 0.2) is 0 Å². The average Bonchev–Trinajstić information content (AvgIpc) is 2.52. The van der Waals surface area contributed by atoms with Crippen molar-refractivity contribution < 1.29 is 14.3 Å². The smallest absolute Gasteiger partial charge is 0.340 e. The lowest BCUT2D eigenvalue weighted by molar-refractivity contribution is -0.106. The van der Waals surface area contributed by atoms with Crippen LogP contribution in [0.1, 0.15) is 15.9 Å². The summed E-state index contributed by atoms with van der Waals surface area (Å²) in [6, 6.07) is 16.4. The maximum absolute atomic E-state index is 12.1. The molecule has 0 spiro atoms.